The molecule has 0 radical (unpaired) electrons. The smallest absolute Gasteiger partial charge is 0.306 e. The molecule has 2 atom stereocenters. The topological polar surface area (TPSA) is 109 Å². The lowest BCUT2D eigenvalue weighted by Gasteiger charge is -2.27. The largest absolute Gasteiger partial charge is 0.481 e. The third-order valence-corrected chi connectivity index (χ3v) is 4.80. The molecule has 0 spiro atoms. The highest BCUT2D eigenvalue weighted by molar-refractivity contribution is 7.89. The van der Waals surface area contributed by atoms with Crippen LogP contribution in [-0.2, 0) is 21.4 Å². The van der Waals surface area contributed by atoms with Gasteiger partial charge >= 0.3 is 5.97 Å². The Labute approximate surface area is 124 Å². The monoisotopic (exact) mass is 312 g/mol. The molecule has 1 aromatic carbocycles. The number of aliphatic carboxylic acids is 1. The molecule has 0 heterocycles. The number of nitrogens with two attached hydrogens (primary N) is 1. The van der Waals surface area contributed by atoms with Gasteiger partial charge in [-0.1, -0.05) is 18.6 Å². The molecule has 0 saturated heterocycles. The van der Waals surface area contributed by atoms with E-state index >= 15 is 0 Å². The van der Waals surface area contributed by atoms with Crippen LogP contribution in [0.4, 0.5) is 0 Å². The number of rotatable bonds is 5. The molecule has 6 nitrogen and oxygen atoms in total. The second-order valence-electron chi connectivity index (χ2n) is 5.47. The van der Waals surface area contributed by atoms with Gasteiger partial charge < -0.3 is 10.4 Å². The van der Waals surface area contributed by atoms with E-state index in [0.717, 1.165) is 24.8 Å². The van der Waals surface area contributed by atoms with Crippen LogP contribution in [0.1, 0.15) is 31.2 Å². The summed E-state index contributed by atoms with van der Waals surface area (Å²) in [6.45, 7) is 0.585. The summed E-state index contributed by atoms with van der Waals surface area (Å²) in [6.07, 6.45) is 3.28. The van der Waals surface area contributed by atoms with Gasteiger partial charge in [-0.25, -0.2) is 13.6 Å². The van der Waals surface area contributed by atoms with Crippen LogP contribution in [0.5, 0.6) is 0 Å². The number of benzene rings is 1. The molecule has 2 unspecified atom stereocenters. The zero-order valence-electron chi connectivity index (χ0n) is 11.7. The number of nitrogens with one attached hydrogen (secondary N) is 1. The Balaban J connectivity index is 1.89. The SMILES string of the molecule is NS(=O)(=O)c1ccc(CNC2CCCC(C(=O)O)C2)cc1. The van der Waals surface area contributed by atoms with Crippen LogP contribution in [0.3, 0.4) is 0 Å². The summed E-state index contributed by atoms with van der Waals surface area (Å²) in [5.41, 5.74) is 0.944. The Morgan fingerprint density at radius 1 is 1.29 bits per heavy atom. The van der Waals surface area contributed by atoms with Gasteiger partial charge in [-0.05, 0) is 37.0 Å². The lowest BCUT2D eigenvalue weighted by atomic mass is 9.86. The average Bonchev–Trinajstić information content (AvgIpc) is 2.45. The normalized spacial score (nSPS) is 22.9. The Morgan fingerprint density at radius 2 is 1.95 bits per heavy atom. The van der Waals surface area contributed by atoms with Crippen LogP contribution in [0.15, 0.2) is 29.2 Å². The molecule has 116 valence electrons. The van der Waals surface area contributed by atoms with Crippen molar-refractivity contribution in [1.82, 2.24) is 5.32 Å². The molecule has 1 aromatic rings. The Kier molecular flexibility index (Phi) is 4.97. The zero-order chi connectivity index (χ0) is 15.5. The van der Waals surface area contributed by atoms with Crippen LogP contribution in [0.2, 0.25) is 0 Å². The standard InChI is InChI=1S/C14H20N2O4S/c15-21(19,20)13-6-4-10(5-7-13)9-16-12-3-1-2-11(8-12)14(17)18/h4-7,11-12,16H,1-3,8-9H2,(H,17,18)(H2,15,19,20). The average molecular weight is 312 g/mol. The molecule has 7 heteroatoms. The Bertz CT molecular complexity index is 598. The maximum Gasteiger partial charge on any atom is 0.306 e. The molecule has 0 aromatic heterocycles. The van der Waals surface area contributed by atoms with Gasteiger partial charge in [-0.15, -0.1) is 0 Å². The van der Waals surface area contributed by atoms with Crippen molar-refractivity contribution in [2.24, 2.45) is 11.1 Å². The van der Waals surface area contributed by atoms with Crippen molar-refractivity contribution >= 4 is 16.0 Å². The lowest BCUT2D eigenvalue weighted by Crippen LogP contribution is -2.36. The minimum absolute atomic E-state index is 0.0925. The molecular formula is C14H20N2O4S. The highest BCUT2D eigenvalue weighted by atomic mass is 32.2. The third kappa shape index (κ3) is 4.52. The summed E-state index contributed by atoms with van der Waals surface area (Å²) < 4.78 is 22.3. The van der Waals surface area contributed by atoms with E-state index in [1.54, 1.807) is 12.1 Å². The molecule has 1 saturated carbocycles. The van der Waals surface area contributed by atoms with E-state index in [1.165, 1.54) is 12.1 Å². The number of sulfonamides is 1. The first-order valence-corrected chi connectivity index (χ1v) is 8.49. The van der Waals surface area contributed by atoms with Crippen LogP contribution in [0.25, 0.3) is 0 Å². The highest BCUT2D eigenvalue weighted by Crippen LogP contribution is 2.24. The second-order valence-corrected chi connectivity index (χ2v) is 7.03. The van der Waals surface area contributed by atoms with Gasteiger partial charge in [0.1, 0.15) is 0 Å². The van der Waals surface area contributed by atoms with E-state index in [0.29, 0.717) is 13.0 Å². The van der Waals surface area contributed by atoms with Crippen molar-refractivity contribution in [3.8, 4) is 0 Å². The summed E-state index contributed by atoms with van der Waals surface area (Å²) in [6, 6.07) is 6.58. The van der Waals surface area contributed by atoms with Crippen molar-refractivity contribution in [2.45, 2.75) is 43.2 Å². The minimum atomic E-state index is -3.66. The second kappa shape index (κ2) is 6.55. The van der Waals surface area contributed by atoms with Crippen molar-refractivity contribution < 1.29 is 18.3 Å². The van der Waals surface area contributed by atoms with Crippen LogP contribution >= 0.6 is 0 Å². The van der Waals surface area contributed by atoms with E-state index in [2.05, 4.69) is 5.32 Å². The van der Waals surface area contributed by atoms with Crippen molar-refractivity contribution in [3.63, 3.8) is 0 Å². The Hall–Kier alpha value is -1.44. The van der Waals surface area contributed by atoms with Crippen molar-refractivity contribution in [2.75, 3.05) is 0 Å². The van der Waals surface area contributed by atoms with Crippen LogP contribution < -0.4 is 10.5 Å². The minimum Gasteiger partial charge on any atom is -0.481 e. The van der Waals surface area contributed by atoms with Crippen LogP contribution in [-0.4, -0.2) is 25.5 Å². The highest BCUT2D eigenvalue weighted by Gasteiger charge is 2.26. The summed E-state index contributed by atoms with van der Waals surface area (Å²) in [5, 5.41) is 17.4. The third-order valence-electron chi connectivity index (χ3n) is 3.87. The first kappa shape index (κ1) is 15.9. The molecular weight excluding hydrogens is 292 g/mol. The van der Waals surface area contributed by atoms with Gasteiger partial charge in [0, 0.05) is 12.6 Å². The number of hydrogen-bond donors (Lipinski definition) is 3. The van der Waals surface area contributed by atoms with Crippen LogP contribution in [0, 0.1) is 5.92 Å². The fraction of sp³-hybridized carbons (Fsp3) is 0.500. The van der Waals surface area contributed by atoms with Crippen molar-refractivity contribution in [1.29, 1.82) is 0 Å². The molecule has 0 aliphatic heterocycles. The molecule has 1 aliphatic rings. The van der Waals surface area contributed by atoms with Gasteiger partial charge in [0.2, 0.25) is 10.0 Å². The van der Waals surface area contributed by atoms with E-state index in [4.69, 9.17) is 10.2 Å². The molecule has 0 bridgehead atoms. The summed E-state index contributed by atoms with van der Waals surface area (Å²) in [7, 11) is -3.66. The first-order chi connectivity index (χ1) is 9.86. The molecule has 0 amide bonds. The maximum atomic E-state index is 11.2. The first-order valence-electron chi connectivity index (χ1n) is 6.94. The summed E-state index contributed by atoms with van der Waals surface area (Å²) in [5.74, 6) is -0.986. The number of carboxylic acids is 1. The summed E-state index contributed by atoms with van der Waals surface area (Å²) in [4.78, 5) is 11.1. The molecule has 21 heavy (non-hydrogen) atoms. The number of carbonyl (C=O) groups is 1. The van der Waals surface area contributed by atoms with Gasteiger partial charge in [0.15, 0.2) is 0 Å². The number of carboxylic acid groups (broad SMARTS) is 1. The predicted octanol–water partition coefficient (Wildman–Crippen LogP) is 1.07. The quantitative estimate of drug-likeness (QED) is 0.753. The van der Waals surface area contributed by atoms with Gasteiger partial charge in [-0.3, -0.25) is 4.79 Å². The van der Waals surface area contributed by atoms with E-state index in [1.807, 2.05) is 0 Å². The van der Waals surface area contributed by atoms with Gasteiger partial charge in [-0.2, -0.15) is 0 Å². The van der Waals surface area contributed by atoms with Gasteiger partial charge in [0.25, 0.3) is 0 Å². The van der Waals surface area contributed by atoms with E-state index in [-0.39, 0.29) is 16.9 Å². The molecule has 2 rings (SSSR count). The molecule has 1 fully saturated rings. The molecule has 1 aliphatic carbocycles. The fourth-order valence-electron chi connectivity index (χ4n) is 2.66. The predicted molar refractivity (Wildman–Crippen MR) is 78.0 cm³/mol. The van der Waals surface area contributed by atoms with Crippen molar-refractivity contribution in [3.05, 3.63) is 29.8 Å². The lowest BCUT2D eigenvalue weighted by molar-refractivity contribution is -0.143. The molecule has 4 N–H and O–H groups in total. The fourth-order valence-corrected chi connectivity index (χ4v) is 3.17. The summed E-state index contributed by atoms with van der Waals surface area (Å²) >= 11 is 0. The Morgan fingerprint density at radius 3 is 2.52 bits per heavy atom. The number of primary sulfonamides is 1. The zero-order valence-corrected chi connectivity index (χ0v) is 12.5. The van der Waals surface area contributed by atoms with E-state index < -0.39 is 16.0 Å². The van der Waals surface area contributed by atoms with E-state index in [9.17, 15) is 13.2 Å². The number of hydrogen-bond acceptors (Lipinski definition) is 4. The van der Waals surface area contributed by atoms with Gasteiger partial charge in [0.05, 0.1) is 10.8 Å². The maximum absolute atomic E-state index is 11.2.